The lowest BCUT2D eigenvalue weighted by molar-refractivity contribution is -0.116. The third-order valence-electron chi connectivity index (χ3n) is 2.77. The van der Waals surface area contributed by atoms with Crippen LogP contribution in [0.3, 0.4) is 0 Å². The summed E-state index contributed by atoms with van der Waals surface area (Å²) in [5.41, 5.74) is 7.47. The minimum atomic E-state index is 0.00243. The van der Waals surface area contributed by atoms with Crippen LogP contribution < -0.4 is 15.8 Å². The van der Waals surface area contributed by atoms with Crippen LogP contribution in [0, 0.1) is 6.92 Å². The number of amides is 1. The highest BCUT2D eigenvalue weighted by Gasteiger charge is 2.07. The fourth-order valence-electron chi connectivity index (χ4n) is 1.66. The molecule has 0 heterocycles. The molecular weight excluding hydrogens is 240 g/mol. The van der Waals surface area contributed by atoms with Crippen LogP contribution in [0.15, 0.2) is 18.2 Å². The van der Waals surface area contributed by atoms with E-state index in [1.807, 2.05) is 32.0 Å². The Kier molecular flexibility index (Phi) is 6.36. The standard InChI is InChI=1S/C15H24N2O2/c1-4-9-19-13-6-7-14(11(2)10-13)17-15(18)8-5-12(3)16/h6-7,10,12H,4-5,8-9,16H2,1-3H3,(H,17,18). The Hall–Kier alpha value is -1.55. The van der Waals surface area contributed by atoms with Gasteiger partial charge >= 0.3 is 0 Å². The normalized spacial score (nSPS) is 12.0. The molecule has 19 heavy (non-hydrogen) atoms. The van der Waals surface area contributed by atoms with Crippen LogP contribution in [-0.4, -0.2) is 18.6 Å². The first-order valence-corrected chi connectivity index (χ1v) is 6.81. The van der Waals surface area contributed by atoms with E-state index in [-0.39, 0.29) is 11.9 Å². The molecule has 0 fully saturated rings. The lowest BCUT2D eigenvalue weighted by atomic mass is 10.1. The maximum atomic E-state index is 11.7. The summed E-state index contributed by atoms with van der Waals surface area (Å²) in [6, 6.07) is 5.75. The Labute approximate surface area is 115 Å². The van der Waals surface area contributed by atoms with Gasteiger partial charge in [-0.1, -0.05) is 6.92 Å². The molecule has 0 radical (unpaired) electrons. The van der Waals surface area contributed by atoms with Crippen LogP contribution in [0.5, 0.6) is 5.75 Å². The van der Waals surface area contributed by atoms with Crippen molar-refractivity contribution in [2.45, 2.75) is 46.1 Å². The minimum absolute atomic E-state index is 0.00243. The Balaban J connectivity index is 2.56. The summed E-state index contributed by atoms with van der Waals surface area (Å²) in [7, 11) is 0. The van der Waals surface area contributed by atoms with Crippen LogP contribution in [0.1, 0.15) is 38.7 Å². The van der Waals surface area contributed by atoms with Crippen molar-refractivity contribution in [3.05, 3.63) is 23.8 Å². The van der Waals surface area contributed by atoms with E-state index in [9.17, 15) is 4.79 Å². The highest BCUT2D eigenvalue weighted by molar-refractivity contribution is 5.91. The molecule has 1 amide bonds. The fraction of sp³-hybridized carbons (Fsp3) is 0.533. The Morgan fingerprint density at radius 2 is 2.21 bits per heavy atom. The SMILES string of the molecule is CCCOc1ccc(NC(=O)CCC(C)N)c(C)c1. The molecular formula is C15H24N2O2. The van der Waals surface area contributed by atoms with Crippen LogP contribution in [0.25, 0.3) is 0 Å². The maximum absolute atomic E-state index is 11.7. The van der Waals surface area contributed by atoms with E-state index in [0.717, 1.165) is 23.4 Å². The fourth-order valence-corrected chi connectivity index (χ4v) is 1.66. The van der Waals surface area contributed by atoms with Crippen LogP contribution >= 0.6 is 0 Å². The second-order valence-corrected chi connectivity index (χ2v) is 4.89. The van der Waals surface area contributed by atoms with Gasteiger partial charge in [-0.25, -0.2) is 0 Å². The summed E-state index contributed by atoms with van der Waals surface area (Å²) in [5.74, 6) is 0.843. The summed E-state index contributed by atoms with van der Waals surface area (Å²) in [5, 5.41) is 2.90. The first-order valence-electron chi connectivity index (χ1n) is 6.81. The Morgan fingerprint density at radius 3 is 2.79 bits per heavy atom. The van der Waals surface area contributed by atoms with Crippen LogP contribution in [0.4, 0.5) is 5.69 Å². The number of ether oxygens (including phenoxy) is 1. The molecule has 1 unspecified atom stereocenters. The lowest BCUT2D eigenvalue weighted by Gasteiger charge is -2.11. The van der Waals surface area contributed by atoms with Gasteiger partial charge in [0.15, 0.2) is 0 Å². The molecule has 0 bridgehead atoms. The van der Waals surface area contributed by atoms with Crippen molar-refractivity contribution >= 4 is 11.6 Å². The summed E-state index contributed by atoms with van der Waals surface area (Å²) in [4.78, 5) is 11.7. The van der Waals surface area contributed by atoms with E-state index in [0.29, 0.717) is 19.4 Å². The summed E-state index contributed by atoms with van der Waals surface area (Å²) < 4.78 is 5.55. The number of hydrogen-bond acceptors (Lipinski definition) is 3. The molecule has 1 rings (SSSR count). The molecule has 0 saturated heterocycles. The Bertz CT molecular complexity index is 417. The van der Waals surface area contributed by atoms with E-state index in [4.69, 9.17) is 10.5 Å². The van der Waals surface area contributed by atoms with Gasteiger partial charge in [-0.15, -0.1) is 0 Å². The summed E-state index contributed by atoms with van der Waals surface area (Å²) >= 11 is 0. The molecule has 0 spiro atoms. The molecule has 3 N–H and O–H groups in total. The van der Waals surface area contributed by atoms with Gasteiger partial charge in [0, 0.05) is 18.2 Å². The molecule has 4 heteroatoms. The van der Waals surface area contributed by atoms with E-state index in [1.54, 1.807) is 0 Å². The average Bonchev–Trinajstić information content (AvgIpc) is 2.37. The van der Waals surface area contributed by atoms with Crippen LogP contribution in [0.2, 0.25) is 0 Å². The number of carbonyl (C=O) groups is 1. The molecule has 0 aliphatic heterocycles. The van der Waals surface area contributed by atoms with E-state index in [2.05, 4.69) is 12.2 Å². The van der Waals surface area contributed by atoms with Crippen molar-refractivity contribution in [1.82, 2.24) is 0 Å². The van der Waals surface area contributed by atoms with Gasteiger partial charge in [-0.2, -0.15) is 0 Å². The number of aryl methyl sites for hydroxylation is 1. The van der Waals surface area contributed by atoms with E-state index < -0.39 is 0 Å². The predicted octanol–water partition coefficient (Wildman–Crippen LogP) is 2.85. The largest absolute Gasteiger partial charge is 0.494 e. The molecule has 0 aromatic heterocycles. The third kappa shape index (κ3) is 5.75. The van der Waals surface area contributed by atoms with Gasteiger partial charge in [0.2, 0.25) is 5.91 Å². The van der Waals surface area contributed by atoms with Crippen LogP contribution in [-0.2, 0) is 4.79 Å². The third-order valence-corrected chi connectivity index (χ3v) is 2.77. The van der Waals surface area contributed by atoms with Crippen molar-refractivity contribution < 1.29 is 9.53 Å². The molecule has 1 aromatic carbocycles. The number of benzene rings is 1. The monoisotopic (exact) mass is 264 g/mol. The number of hydrogen-bond donors (Lipinski definition) is 2. The maximum Gasteiger partial charge on any atom is 0.224 e. The molecule has 0 aliphatic rings. The van der Waals surface area contributed by atoms with Crippen molar-refractivity contribution in [2.75, 3.05) is 11.9 Å². The Morgan fingerprint density at radius 1 is 1.47 bits per heavy atom. The zero-order valence-corrected chi connectivity index (χ0v) is 12.0. The minimum Gasteiger partial charge on any atom is -0.494 e. The van der Waals surface area contributed by atoms with Crippen molar-refractivity contribution in [3.63, 3.8) is 0 Å². The van der Waals surface area contributed by atoms with Gasteiger partial charge in [0.05, 0.1) is 6.61 Å². The summed E-state index contributed by atoms with van der Waals surface area (Å²) in [6.45, 7) is 6.64. The highest BCUT2D eigenvalue weighted by atomic mass is 16.5. The first kappa shape index (κ1) is 15.5. The van der Waals surface area contributed by atoms with Gasteiger partial charge in [0.25, 0.3) is 0 Å². The molecule has 0 aliphatic carbocycles. The zero-order valence-electron chi connectivity index (χ0n) is 12.0. The number of anilines is 1. The second kappa shape index (κ2) is 7.79. The van der Waals surface area contributed by atoms with E-state index >= 15 is 0 Å². The van der Waals surface area contributed by atoms with Gasteiger partial charge in [0.1, 0.15) is 5.75 Å². The van der Waals surface area contributed by atoms with Crippen molar-refractivity contribution in [2.24, 2.45) is 5.73 Å². The smallest absolute Gasteiger partial charge is 0.224 e. The first-order chi connectivity index (χ1) is 9.02. The van der Waals surface area contributed by atoms with Gasteiger partial charge in [-0.3, -0.25) is 4.79 Å². The van der Waals surface area contributed by atoms with E-state index in [1.165, 1.54) is 0 Å². The second-order valence-electron chi connectivity index (χ2n) is 4.89. The predicted molar refractivity (Wildman–Crippen MR) is 78.5 cm³/mol. The zero-order chi connectivity index (χ0) is 14.3. The lowest BCUT2D eigenvalue weighted by Crippen LogP contribution is -2.19. The van der Waals surface area contributed by atoms with Gasteiger partial charge in [-0.05, 0) is 50.5 Å². The number of rotatable bonds is 7. The number of nitrogens with one attached hydrogen (secondary N) is 1. The molecule has 106 valence electrons. The highest BCUT2D eigenvalue weighted by Crippen LogP contribution is 2.21. The average molecular weight is 264 g/mol. The number of carbonyl (C=O) groups excluding carboxylic acids is 1. The molecule has 1 aromatic rings. The van der Waals surface area contributed by atoms with Gasteiger partial charge < -0.3 is 15.8 Å². The molecule has 4 nitrogen and oxygen atoms in total. The quantitative estimate of drug-likeness (QED) is 0.796. The molecule has 0 saturated carbocycles. The topological polar surface area (TPSA) is 64.3 Å². The van der Waals surface area contributed by atoms with Crippen molar-refractivity contribution in [3.8, 4) is 5.75 Å². The number of nitrogens with two attached hydrogens (primary N) is 1. The summed E-state index contributed by atoms with van der Waals surface area (Å²) in [6.07, 6.45) is 2.13. The van der Waals surface area contributed by atoms with Crippen molar-refractivity contribution in [1.29, 1.82) is 0 Å². The molecule has 1 atom stereocenters.